The Bertz CT molecular complexity index is 1150. The van der Waals surface area contributed by atoms with Gasteiger partial charge >= 0.3 is 0 Å². The third kappa shape index (κ3) is 3.53. The van der Waals surface area contributed by atoms with E-state index in [1.807, 2.05) is 35.9 Å². The van der Waals surface area contributed by atoms with E-state index in [4.69, 9.17) is 4.74 Å². The third-order valence-electron chi connectivity index (χ3n) is 4.39. The van der Waals surface area contributed by atoms with Crippen LogP contribution in [0.1, 0.15) is 21.6 Å². The predicted octanol–water partition coefficient (Wildman–Crippen LogP) is 4.18. The van der Waals surface area contributed by atoms with Gasteiger partial charge in [0.05, 0.1) is 16.9 Å². The second-order valence-electron chi connectivity index (χ2n) is 6.41. The standard InChI is InChI=1S/C22H19N3O3/c1-15-7-6-12-25-13-16(23-21(15)25)14-28-20-11-5-2-8-17(20)22(27)24-18-9-3-4-10-19(18)26/h2-13,26H,14H2,1H3,(H,24,27). The van der Waals surface area contributed by atoms with E-state index in [-0.39, 0.29) is 18.3 Å². The van der Waals surface area contributed by atoms with Gasteiger partial charge in [0.2, 0.25) is 0 Å². The molecule has 0 saturated carbocycles. The summed E-state index contributed by atoms with van der Waals surface area (Å²) in [6.45, 7) is 2.24. The minimum absolute atomic E-state index is 0.00863. The molecule has 140 valence electrons. The summed E-state index contributed by atoms with van der Waals surface area (Å²) in [4.78, 5) is 17.2. The Balaban J connectivity index is 1.53. The Morgan fingerprint density at radius 3 is 2.71 bits per heavy atom. The maximum atomic E-state index is 12.7. The highest BCUT2D eigenvalue weighted by molar-refractivity contribution is 6.06. The van der Waals surface area contributed by atoms with E-state index < -0.39 is 0 Å². The number of rotatable bonds is 5. The summed E-state index contributed by atoms with van der Waals surface area (Å²) in [5.41, 5.74) is 3.46. The fraction of sp³-hybridized carbons (Fsp3) is 0.0909. The average Bonchev–Trinajstić information content (AvgIpc) is 3.13. The number of aromatic nitrogens is 2. The fourth-order valence-electron chi connectivity index (χ4n) is 2.97. The first kappa shape index (κ1) is 17.6. The second-order valence-corrected chi connectivity index (χ2v) is 6.41. The van der Waals surface area contributed by atoms with Crippen LogP contribution in [0.15, 0.2) is 73.1 Å². The van der Waals surface area contributed by atoms with Gasteiger partial charge in [-0.1, -0.05) is 30.3 Å². The zero-order valence-electron chi connectivity index (χ0n) is 15.3. The summed E-state index contributed by atoms with van der Waals surface area (Å²) in [5, 5.41) is 12.6. The lowest BCUT2D eigenvalue weighted by Crippen LogP contribution is -2.13. The molecule has 0 unspecified atom stereocenters. The number of hydrogen-bond donors (Lipinski definition) is 2. The van der Waals surface area contributed by atoms with E-state index >= 15 is 0 Å². The van der Waals surface area contributed by atoms with Gasteiger partial charge in [-0.05, 0) is 42.8 Å². The van der Waals surface area contributed by atoms with Gasteiger partial charge in [-0.2, -0.15) is 0 Å². The third-order valence-corrected chi connectivity index (χ3v) is 4.39. The van der Waals surface area contributed by atoms with E-state index in [1.54, 1.807) is 42.5 Å². The first-order valence-corrected chi connectivity index (χ1v) is 8.86. The molecule has 2 aromatic heterocycles. The van der Waals surface area contributed by atoms with Crippen molar-refractivity contribution in [2.75, 3.05) is 5.32 Å². The number of hydrogen-bond acceptors (Lipinski definition) is 4. The van der Waals surface area contributed by atoms with Gasteiger partial charge in [0.15, 0.2) is 0 Å². The molecule has 2 heterocycles. The molecule has 1 amide bonds. The number of anilines is 1. The Hall–Kier alpha value is -3.80. The second kappa shape index (κ2) is 7.44. The van der Waals surface area contributed by atoms with Crippen LogP contribution in [0.4, 0.5) is 5.69 Å². The Kier molecular flexibility index (Phi) is 4.68. The number of nitrogens with zero attached hydrogens (tertiary/aromatic N) is 2. The number of ether oxygens (including phenoxy) is 1. The van der Waals surface area contributed by atoms with E-state index in [9.17, 15) is 9.90 Å². The zero-order valence-corrected chi connectivity index (χ0v) is 15.3. The van der Waals surface area contributed by atoms with Crippen LogP contribution in [0.3, 0.4) is 0 Å². The lowest BCUT2D eigenvalue weighted by molar-refractivity contribution is 0.102. The van der Waals surface area contributed by atoms with Crippen molar-refractivity contribution < 1.29 is 14.6 Å². The number of aryl methyl sites for hydroxylation is 1. The van der Waals surface area contributed by atoms with Crippen molar-refractivity contribution in [3.63, 3.8) is 0 Å². The highest BCUT2D eigenvalue weighted by atomic mass is 16.5. The lowest BCUT2D eigenvalue weighted by atomic mass is 10.1. The number of phenols is 1. The van der Waals surface area contributed by atoms with Crippen molar-refractivity contribution in [2.24, 2.45) is 0 Å². The molecule has 2 aromatic carbocycles. The molecule has 28 heavy (non-hydrogen) atoms. The molecule has 0 bridgehead atoms. The van der Waals surface area contributed by atoms with Crippen molar-refractivity contribution in [1.29, 1.82) is 0 Å². The average molecular weight is 373 g/mol. The van der Waals surface area contributed by atoms with Crippen LogP contribution in [0.25, 0.3) is 5.65 Å². The highest BCUT2D eigenvalue weighted by Gasteiger charge is 2.14. The SMILES string of the molecule is Cc1cccn2cc(COc3ccccc3C(=O)Nc3ccccc3O)nc12. The van der Waals surface area contributed by atoms with Crippen LogP contribution in [0.2, 0.25) is 0 Å². The molecule has 0 aliphatic rings. The number of imidazole rings is 1. The van der Waals surface area contributed by atoms with Gasteiger partial charge < -0.3 is 19.6 Å². The smallest absolute Gasteiger partial charge is 0.259 e. The molecule has 0 aliphatic heterocycles. The molecule has 6 nitrogen and oxygen atoms in total. The minimum Gasteiger partial charge on any atom is -0.506 e. The van der Waals surface area contributed by atoms with Crippen LogP contribution >= 0.6 is 0 Å². The molecular formula is C22H19N3O3. The topological polar surface area (TPSA) is 75.9 Å². The van der Waals surface area contributed by atoms with E-state index in [1.165, 1.54) is 6.07 Å². The summed E-state index contributed by atoms with van der Waals surface area (Å²) < 4.78 is 7.83. The van der Waals surface area contributed by atoms with Gasteiger partial charge in [0.25, 0.3) is 5.91 Å². The largest absolute Gasteiger partial charge is 0.506 e. The van der Waals surface area contributed by atoms with Gasteiger partial charge in [0.1, 0.15) is 23.8 Å². The molecule has 4 aromatic rings. The summed E-state index contributed by atoms with van der Waals surface area (Å²) in [6.07, 6.45) is 3.85. The summed E-state index contributed by atoms with van der Waals surface area (Å²) in [5.74, 6) is 0.0986. The van der Waals surface area contributed by atoms with Crippen molar-refractivity contribution in [2.45, 2.75) is 13.5 Å². The molecule has 6 heteroatoms. The zero-order chi connectivity index (χ0) is 19.5. The van der Waals surface area contributed by atoms with Gasteiger partial charge in [-0.15, -0.1) is 0 Å². The number of amides is 1. The van der Waals surface area contributed by atoms with Crippen molar-refractivity contribution in [3.05, 3.63) is 89.9 Å². The van der Waals surface area contributed by atoms with Crippen LogP contribution < -0.4 is 10.1 Å². The first-order valence-electron chi connectivity index (χ1n) is 8.86. The molecule has 2 N–H and O–H groups in total. The highest BCUT2D eigenvalue weighted by Crippen LogP contribution is 2.25. The van der Waals surface area contributed by atoms with Crippen molar-refractivity contribution in [1.82, 2.24) is 9.38 Å². The molecule has 4 rings (SSSR count). The molecule has 0 spiro atoms. The van der Waals surface area contributed by atoms with Gasteiger partial charge in [0, 0.05) is 12.4 Å². The predicted molar refractivity (Wildman–Crippen MR) is 107 cm³/mol. The lowest BCUT2D eigenvalue weighted by Gasteiger charge is -2.11. The molecular weight excluding hydrogens is 354 g/mol. The van der Waals surface area contributed by atoms with Gasteiger partial charge in [-0.25, -0.2) is 4.98 Å². The van der Waals surface area contributed by atoms with Crippen LogP contribution in [0.5, 0.6) is 11.5 Å². The van der Waals surface area contributed by atoms with E-state index in [0.717, 1.165) is 16.9 Å². The Morgan fingerprint density at radius 2 is 1.89 bits per heavy atom. The van der Waals surface area contributed by atoms with E-state index in [0.29, 0.717) is 17.0 Å². The molecule has 0 saturated heterocycles. The van der Waals surface area contributed by atoms with Crippen molar-refractivity contribution in [3.8, 4) is 11.5 Å². The van der Waals surface area contributed by atoms with Crippen molar-refractivity contribution >= 4 is 17.2 Å². The van der Waals surface area contributed by atoms with Crippen LogP contribution in [-0.4, -0.2) is 20.4 Å². The number of benzene rings is 2. The van der Waals surface area contributed by atoms with Crippen LogP contribution in [-0.2, 0) is 6.61 Å². The normalized spacial score (nSPS) is 10.8. The molecule has 0 aliphatic carbocycles. The monoisotopic (exact) mass is 373 g/mol. The molecule has 0 radical (unpaired) electrons. The number of carbonyl (C=O) groups excluding carboxylic acids is 1. The Labute approximate surface area is 162 Å². The first-order chi connectivity index (χ1) is 13.6. The number of nitrogens with one attached hydrogen (secondary N) is 1. The number of fused-ring (bicyclic) bond motifs is 1. The quantitative estimate of drug-likeness (QED) is 0.515. The number of carbonyl (C=O) groups is 1. The number of phenolic OH excluding ortho intramolecular Hbond substituents is 1. The number of pyridine rings is 1. The van der Waals surface area contributed by atoms with Gasteiger partial charge in [-0.3, -0.25) is 4.79 Å². The number of aromatic hydroxyl groups is 1. The summed E-state index contributed by atoms with van der Waals surface area (Å²) in [6, 6.07) is 17.5. The maximum absolute atomic E-state index is 12.7. The summed E-state index contributed by atoms with van der Waals surface area (Å²) in [7, 11) is 0. The van der Waals surface area contributed by atoms with E-state index in [2.05, 4.69) is 10.3 Å². The number of para-hydroxylation sites is 3. The minimum atomic E-state index is -0.358. The summed E-state index contributed by atoms with van der Waals surface area (Å²) >= 11 is 0. The molecule has 0 fully saturated rings. The maximum Gasteiger partial charge on any atom is 0.259 e. The Morgan fingerprint density at radius 1 is 1.11 bits per heavy atom. The fourth-order valence-corrected chi connectivity index (χ4v) is 2.97. The molecule has 0 atom stereocenters. The van der Waals surface area contributed by atoms with Crippen LogP contribution in [0, 0.1) is 6.92 Å².